The lowest BCUT2D eigenvalue weighted by molar-refractivity contribution is 0.593. The molecule has 0 amide bonds. The first kappa shape index (κ1) is 12.2. The van der Waals surface area contributed by atoms with E-state index in [9.17, 15) is 0 Å². The van der Waals surface area contributed by atoms with Crippen LogP contribution in [0.4, 0.5) is 0 Å². The van der Waals surface area contributed by atoms with Crippen molar-refractivity contribution in [1.82, 2.24) is 10.3 Å². The van der Waals surface area contributed by atoms with Crippen LogP contribution in [0.2, 0.25) is 0 Å². The van der Waals surface area contributed by atoms with E-state index in [2.05, 4.69) is 27.8 Å². The molecule has 0 saturated carbocycles. The Morgan fingerprint density at radius 1 is 1.35 bits per heavy atom. The zero-order valence-corrected chi connectivity index (χ0v) is 10.7. The Balaban J connectivity index is 1.79. The van der Waals surface area contributed by atoms with Gasteiger partial charge >= 0.3 is 0 Å². The van der Waals surface area contributed by atoms with Crippen LogP contribution in [0.3, 0.4) is 0 Å². The monoisotopic (exact) mass is 247 g/mol. The average Bonchev–Trinajstić information content (AvgIpc) is 2.76. The number of aryl methyl sites for hydroxylation is 1. The average molecular weight is 247 g/mol. The number of aromatic nitrogens is 1. The molecule has 4 heteroatoms. The molecule has 0 aliphatic heterocycles. The van der Waals surface area contributed by atoms with Crippen molar-refractivity contribution in [3.05, 3.63) is 52.0 Å². The van der Waals surface area contributed by atoms with Crippen molar-refractivity contribution in [1.29, 1.82) is 0 Å². The van der Waals surface area contributed by atoms with Gasteiger partial charge in [-0.2, -0.15) is 0 Å². The molecule has 1 aromatic heterocycles. The molecular weight excluding hydrogens is 230 g/mol. The Hall–Kier alpha value is -1.23. The molecule has 1 heterocycles. The number of nitrogens with two attached hydrogens (primary N) is 1. The van der Waals surface area contributed by atoms with Crippen molar-refractivity contribution in [2.24, 2.45) is 5.73 Å². The number of nitrogens with zero attached hydrogens (tertiary/aromatic N) is 1. The lowest BCUT2D eigenvalue weighted by atomic mass is 10.1. The van der Waals surface area contributed by atoms with E-state index in [-0.39, 0.29) is 6.04 Å². The van der Waals surface area contributed by atoms with Gasteiger partial charge in [0.2, 0.25) is 0 Å². The predicted octanol–water partition coefficient (Wildman–Crippen LogP) is 2.24. The van der Waals surface area contributed by atoms with E-state index in [1.807, 2.05) is 25.1 Å². The summed E-state index contributed by atoms with van der Waals surface area (Å²) in [6.07, 6.45) is 0. The standard InChI is InChI=1S/C13H17N3S/c1-10-16-12(9-17-10)7-15-8-13(14)11-5-3-2-4-6-11/h2-6,9,13,15H,7-8,14H2,1H3. The van der Waals surface area contributed by atoms with Crippen molar-refractivity contribution in [3.8, 4) is 0 Å². The van der Waals surface area contributed by atoms with E-state index in [0.717, 1.165) is 29.4 Å². The third-order valence-corrected chi connectivity index (χ3v) is 3.39. The largest absolute Gasteiger partial charge is 0.323 e. The van der Waals surface area contributed by atoms with E-state index in [0.29, 0.717) is 0 Å². The van der Waals surface area contributed by atoms with Crippen LogP contribution in [0, 0.1) is 6.92 Å². The van der Waals surface area contributed by atoms with E-state index < -0.39 is 0 Å². The third-order valence-electron chi connectivity index (χ3n) is 2.56. The summed E-state index contributed by atoms with van der Waals surface area (Å²) in [5, 5.41) is 6.52. The van der Waals surface area contributed by atoms with E-state index in [1.165, 1.54) is 0 Å². The fourth-order valence-electron chi connectivity index (χ4n) is 1.66. The lowest BCUT2D eigenvalue weighted by Gasteiger charge is -2.12. The molecule has 1 aromatic carbocycles. The summed E-state index contributed by atoms with van der Waals surface area (Å²) in [6, 6.07) is 10.2. The Morgan fingerprint density at radius 3 is 2.76 bits per heavy atom. The number of benzene rings is 1. The summed E-state index contributed by atoms with van der Waals surface area (Å²) in [4.78, 5) is 4.40. The van der Waals surface area contributed by atoms with Crippen molar-refractivity contribution >= 4 is 11.3 Å². The van der Waals surface area contributed by atoms with Crippen LogP contribution in [-0.2, 0) is 6.54 Å². The molecule has 17 heavy (non-hydrogen) atoms. The van der Waals surface area contributed by atoms with Crippen molar-refractivity contribution in [3.63, 3.8) is 0 Å². The molecule has 3 N–H and O–H groups in total. The second kappa shape index (κ2) is 5.91. The molecule has 0 saturated heterocycles. The van der Waals surface area contributed by atoms with Gasteiger partial charge in [-0.05, 0) is 12.5 Å². The van der Waals surface area contributed by atoms with Crippen LogP contribution in [0.15, 0.2) is 35.7 Å². The summed E-state index contributed by atoms with van der Waals surface area (Å²) < 4.78 is 0. The maximum absolute atomic E-state index is 6.08. The predicted molar refractivity (Wildman–Crippen MR) is 71.9 cm³/mol. The lowest BCUT2D eigenvalue weighted by Crippen LogP contribution is -2.26. The van der Waals surface area contributed by atoms with Gasteiger partial charge in [-0.25, -0.2) is 4.98 Å². The molecule has 3 nitrogen and oxygen atoms in total. The number of hydrogen-bond acceptors (Lipinski definition) is 4. The highest BCUT2D eigenvalue weighted by Crippen LogP contribution is 2.09. The van der Waals surface area contributed by atoms with Gasteiger partial charge in [-0.3, -0.25) is 0 Å². The molecule has 1 atom stereocenters. The van der Waals surface area contributed by atoms with Crippen LogP contribution >= 0.6 is 11.3 Å². The maximum atomic E-state index is 6.08. The molecule has 0 aliphatic rings. The topological polar surface area (TPSA) is 50.9 Å². The first-order chi connectivity index (χ1) is 8.25. The van der Waals surface area contributed by atoms with E-state index in [4.69, 9.17) is 5.73 Å². The Bertz CT molecular complexity index is 453. The summed E-state index contributed by atoms with van der Waals surface area (Å²) in [6.45, 7) is 3.56. The van der Waals surface area contributed by atoms with E-state index in [1.54, 1.807) is 11.3 Å². The zero-order valence-electron chi connectivity index (χ0n) is 9.89. The van der Waals surface area contributed by atoms with Crippen LogP contribution < -0.4 is 11.1 Å². The minimum Gasteiger partial charge on any atom is -0.323 e. The van der Waals surface area contributed by atoms with Gasteiger partial charge in [0.25, 0.3) is 0 Å². The second-order valence-corrected chi connectivity index (χ2v) is 5.07. The molecule has 0 bridgehead atoms. The van der Waals surface area contributed by atoms with Crippen LogP contribution in [0.1, 0.15) is 22.3 Å². The fourth-order valence-corrected chi connectivity index (χ4v) is 2.28. The van der Waals surface area contributed by atoms with Crippen LogP contribution in [0.5, 0.6) is 0 Å². The van der Waals surface area contributed by atoms with Crippen molar-refractivity contribution < 1.29 is 0 Å². The molecule has 2 rings (SSSR count). The van der Waals surface area contributed by atoms with Gasteiger partial charge in [0, 0.05) is 24.5 Å². The summed E-state index contributed by atoms with van der Waals surface area (Å²) in [7, 11) is 0. The van der Waals surface area contributed by atoms with Crippen molar-refractivity contribution in [2.75, 3.05) is 6.54 Å². The van der Waals surface area contributed by atoms with Gasteiger partial charge in [0.1, 0.15) is 0 Å². The maximum Gasteiger partial charge on any atom is 0.0897 e. The minimum absolute atomic E-state index is 0.0379. The minimum atomic E-state index is 0.0379. The van der Waals surface area contributed by atoms with Gasteiger partial charge in [-0.1, -0.05) is 30.3 Å². The van der Waals surface area contributed by atoms with Crippen LogP contribution in [-0.4, -0.2) is 11.5 Å². The SMILES string of the molecule is Cc1nc(CNCC(N)c2ccccc2)cs1. The van der Waals surface area contributed by atoms with E-state index >= 15 is 0 Å². The summed E-state index contributed by atoms with van der Waals surface area (Å²) in [5.74, 6) is 0. The van der Waals surface area contributed by atoms with Gasteiger partial charge < -0.3 is 11.1 Å². The quantitative estimate of drug-likeness (QED) is 0.852. The highest BCUT2D eigenvalue weighted by atomic mass is 32.1. The normalized spacial score (nSPS) is 12.6. The molecule has 90 valence electrons. The molecular formula is C13H17N3S. The highest BCUT2D eigenvalue weighted by molar-refractivity contribution is 7.09. The number of thiazole rings is 1. The molecule has 0 fully saturated rings. The second-order valence-electron chi connectivity index (χ2n) is 4.01. The Kier molecular flexibility index (Phi) is 4.25. The summed E-state index contributed by atoms with van der Waals surface area (Å²) >= 11 is 1.68. The molecule has 0 aliphatic carbocycles. The summed E-state index contributed by atoms with van der Waals surface area (Å²) in [5.41, 5.74) is 8.34. The molecule has 2 aromatic rings. The first-order valence-electron chi connectivity index (χ1n) is 5.68. The van der Waals surface area contributed by atoms with Gasteiger partial charge in [0.15, 0.2) is 0 Å². The number of nitrogens with one attached hydrogen (secondary N) is 1. The molecule has 0 radical (unpaired) electrons. The van der Waals surface area contributed by atoms with Gasteiger partial charge in [0.05, 0.1) is 10.7 Å². The molecule has 0 spiro atoms. The third kappa shape index (κ3) is 3.63. The highest BCUT2D eigenvalue weighted by Gasteiger charge is 2.05. The van der Waals surface area contributed by atoms with Gasteiger partial charge in [-0.15, -0.1) is 11.3 Å². The number of rotatable bonds is 5. The van der Waals surface area contributed by atoms with Crippen LogP contribution in [0.25, 0.3) is 0 Å². The Labute approximate surface area is 106 Å². The Morgan fingerprint density at radius 2 is 2.12 bits per heavy atom. The smallest absolute Gasteiger partial charge is 0.0897 e. The van der Waals surface area contributed by atoms with Crippen molar-refractivity contribution in [2.45, 2.75) is 19.5 Å². The molecule has 1 unspecified atom stereocenters. The number of hydrogen-bond donors (Lipinski definition) is 2. The fraction of sp³-hybridized carbons (Fsp3) is 0.308. The zero-order chi connectivity index (χ0) is 12.1. The first-order valence-corrected chi connectivity index (χ1v) is 6.56.